The first-order valence-corrected chi connectivity index (χ1v) is 7.14. The Hall–Kier alpha value is -1.30. The van der Waals surface area contributed by atoms with E-state index in [1.54, 1.807) is 18.7 Å². The van der Waals surface area contributed by atoms with Crippen molar-refractivity contribution in [1.29, 1.82) is 0 Å². The highest BCUT2D eigenvalue weighted by molar-refractivity contribution is 5.58. The standard InChI is InChI=1S/C15H25N3O2/c1-10-8-13(4-5-15(10)16)17-7-6-14(9-17)18(11(2)19)12(3)20/h4-5,8,11-12,14,19-20H,6-7,9,16H2,1-3H3. The summed E-state index contributed by atoms with van der Waals surface area (Å²) in [5, 5.41) is 19.6. The van der Waals surface area contributed by atoms with Crippen molar-refractivity contribution in [2.45, 2.75) is 45.7 Å². The topological polar surface area (TPSA) is 73.0 Å². The van der Waals surface area contributed by atoms with E-state index in [0.29, 0.717) is 0 Å². The number of aryl methyl sites for hydroxylation is 1. The normalized spacial score (nSPS) is 22.3. The molecule has 0 amide bonds. The third-order valence-electron chi connectivity index (χ3n) is 4.07. The van der Waals surface area contributed by atoms with E-state index in [2.05, 4.69) is 11.0 Å². The average molecular weight is 279 g/mol. The SMILES string of the molecule is Cc1cc(N2CCC(N(C(C)O)C(C)O)C2)ccc1N. The second kappa shape index (κ2) is 5.99. The zero-order chi connectivity index (χ0) is 14.9. The second-order valence-electron chi connectivity index (χ2n) is 5.64. The number of anilines is 2. The number of hydrogen-bond acceptors (Lipinski definition) is 5. The van der Waals surface area contributed by atoms with Gasteiger partial charge in [-0.15, -0.1) is 0 Å². The zero-order valence-electron chi connectivity index (χ0n) is 12.5. The van der Waals surface area contributed by atoms with Crippen LogP contribution in [0.1, 0.15) is 25.8 Å². The Bertz CT molecular complexity index is 454. The highest BCUT2D eigenvalue weighted by atomic mass is 16.3. The minimum atomic E-state index is -0.645. The van der Waals surface area contributed by atoms with Crippen LogP contribution in [-0.2, 0) is 0 Å². The number of hydrogen-bond donors (Lipinski definition) is 3. The molecular formula is C15H25N3O2. The summed E-state index contributed by atoms with van der Waals surface area (Å²) in [6, 6.07) is 6.21. The molecule has 1 heterocycles. The Kier molecular flexibility index (Phi) is 4.52. The van der Waals surface area contributed by atoms with Crippen molar-refractivity contribution in [3.05, 3.63) is 23.8 Å². The number of nitrogens with two attached hydrogens (primary N) is 1. The molecule has 1 aromatic carbocycles. The van der Waals surface area contributed by atoms with Crippen LogP contribution < -0.4 is 10.6 Å². The molecule has 4 N–H and O–H groups in total. The molecule has 3 atom stereocenters. The molecule has 20 heavy (non-hydrogen) atoms. The van der Waals surface area contributed by atoms with Crippen LogP contribution in [0.2, 0.25) is 0 Å². The fourth-order valence-electron chi connectivity index (χ4n) is 3.00. The fourth-order valence-corrected chi connectivity index (χ4v) is 3.00. The maximum absolute atomic E-state index is 9.81. The monoisotopic (exact) mass is 279 g/mol. The molecule has 0 radical (unpaired) electrons. The maximum Gasteiger partial charge on any atom is 0.106 e. The van der Waals surface area contributed by atoms with Crippen LogP contribution in [0.4, 0.5) is 11.4 Å². The van der Waals surface area contributed by atoms with Crippen LogP contribution in [-0.4, -0.2) is 46.7 Å². The Morgan fingerprint density at radius 1 is 1.30 bits per heavy atom. The molecule has 5 heteroatoms. The fraction of sp³-hybridized carbons (Fsp3) is 0.600. The van der Waals surface area contributed by atoms with Crippen molar-refractivity contribution in [2.75, 3.05) is 23.7 Å². The first kappa shape index (κ1) is 15.1. The van der Waals surface area contributed by atoms with Crippen molar-refractivity contribution in [1.82, 2.24) is 4.90 Å². The van der Waals surface area contributed by atoms with E-state index in [0.717, 1.165) is 36.4 Å². The van der Waals surface area contributed by atoms with E-state index < -0.39 is 12.5 Å². The molecule has 0 aromatic heterocycles. The Morgan fingerprint density at radius 2 is 1.95 bits per heavy atom. The smallest absolute Gasteiger partial charge is 0.106 e. The van der Waals surface area contributed by atoms with Gasteiger partial charge in [0.1, 0.15) is 12.5 Å². The molecule has 0 aliphatic carbocycles. The first-order valence-electron chi connectivity index (χ1n) is 7.14. The molecular weight excluding hydrogens is 254 g/mol. The number of benzene rings is 1. The van der Waals surface area contributed by atoms with Gasteiger partial charge in [0.25, 0.3) is 0 Å². The minimum Gasteiger partial charge on any atom is -0.399 e. The molecule has 3 unspecified atom stereocenters. The van der Waals surface area contributed by atoms with E-state index in [-0.39, 0.29) is 6.04 Å². The lowest BCUT2D eigenvalue weighted by Crippen LogP contribution is -2.48. The van der Waals surface area contributed by atoms with Crippen molar-refractivity contribution < 1.29 is 10.2 Å². The van der Waals surface area contributed by atoms with Crippen LogP contribution in [0.15, 0.2) is 18.2 Å². The number of aliphatic hydroxyl groups excluding tert-OH is 2. The number of rotatable bonds is 4. The minimum absolute atomic E-state index is 0.160. The molecule has 5 nitrogen and oxygen atoms in total. The predicted molar refractivity (Wildman–Crippen MR) is 81.4 cm³/mol. The van der Waals surface area contributed by atoms with Crippen molar-refractivity contribution in [2.24, 2.45) is 0 Å². The van der Waals surface area contributed by atoms with Crippen molar-refractivity contribution in [3.63, 3.8) is 0 Å². The highest BCUT2D eigenvalue weighted by Crippen LogP contribution is 2.27. The number of nitrogen functional groups attached to an aromatic ring is 1. The molecule has 1 aliphatic rings. The molecule has 1 fully saturated rings. The Morgan fingerprint density at radius 3 is 2.50 bits per heavy atom. The second-order valence-corrected chi connectivity index (χ2v) is 5.64. The Balaban J connectivity index is 2.09. The molecule has 1 saturated heterocycles. The Labute approximate surface area is 120 Å². The lowest BCUT2D eigenvalue weighted by atomic mass is 10.1. The quantitative estimate of drug-likeness (QED) is 0.569. The van der Waals surface area contributed by atoms with Gasteiger partial charge in [0.2, 0.25) is 0 Å². The summed E-state index contributed by atoms with van der Waals surface area (Å²) >= 11 is 0. The maximum atomic E-state index is 9.81. The molecule has 0 spiro atoms. The molecule has 0 bridgehead atoms. The van der Waals surface area contributed by atoms with Gasteiger partial charge in [-0.2, -0.15) is 0 Å². The molecule has 112 valence electrons. The van der Waals surface area contributed by atoms with Crippen LogP contribution in [0.3, 0.4) is 0 Å². The van der Waals surface area contributed by atoms with Gasteiger partial charge in [-0.05, 0) is 51.0 Å². The van der Waals surface area contributed by atoms with Gasteiger partial charge < -0.3 is 20.8 Å². The number of nitrogens with zero attached hydrogens (tertiary/aromatic N) is 2. The summed E-state index contributed by atoms with van der Waals surface area (Å²) in [6.07, 6.45) is -0.361. The van der Waals surface area contributed by atoms with Gasteiger partial charge in [0.15, 0.2) is 0 Å². The summed E-state index contributed by atoms with van der Waals surface area (Å²) in [5.41, 5.74) is 8.88. The third kappa shape index (κ3) is 3.06. The lowest BCUT2D eigenvalue weighted by Gasteiger charge is -2.34. The van der Waals surface area contributed by atoms with Crippen LogP contribution >= 0.6 is 0 Å². The van der Waals surface area contributed by atoms with E-state index >= 15 is 0 Å². The van der Waals surface area contributed by atoms with E-state index in [1.165, 1.54) is 0 Å². The lowest BCUT2D eigenvalue weighted by molar-refractivity contribution is -0.104. The van der Waals surface area contributed by atoms with E-state index in [1.807, 2.05) is 19.1 Å². The predicted octanol–water partition coefficient (Wildman–Crippen LogP) is 1.13. The van der Waals surface area contributed by atoms with Gasteiger partial charge in [0.05, 0.1) is 0 Å². The average Bonchev–Trinajstić information content (AvgIpc) is 2.81. The van der Waals surface area contributed by atoms with Crippen molar-refractivity contribution >= 4 is 11.4 Å². The van der Waals surface area contributed by atoms with Gasteiger partial charge in [-0.25, -0.2) is 4.90 Å². The van der Waals surface area contributed by atoms with Gasteiger partial charge in [0, 0.05) is 30.5 Å². The summed E-state index contributed by atoms with van der Waals surface area (Å²) in [5.74, 6) is 0. The van der Waals surface area contributed by atoms with E-state index in [9.17, 15) is 10.2 Å². The first-order chi connectivity index (χ1) is 9.40. The summed E-state index contributed by atoms with van der Waals surface area (Å²) in [6.45, 7) is 7.12. The molecule has 2 rings (SSSR count). The van der Waals surface area contributed by atoms with Gasteiger partial charge in [-0.1, -0.05) is 0 Å². The highest BCUT2D eigenvalue weighted by Gasteiger charge is 2.32. The summed E-state index contributed by atoms with van der Waals surface area (Å²) in [7, 11) is 0. The zero-order valence-corrected chi connectivity index (χ0v) is 12.5. The van der Waals surface area contributed by atoms with Crippen LogP contribution in [0.25, 0.3) is 0 Å². The third-order valence-corrected chi connectivity index (χ3v) is 4.07. The van der Waals surface area contributed by atoms with Gasteiger partial charge >= 0.3 is 0 Å². The van der Waals surface area contributed by atoms with Crippen LogP contribution in [0.5, 0.6) is 0 Å². The molecule has 1 aromatic rings. The van der Waals surface area contributed by atoms with Gasteiger partial charge in [-0.3, -0.25) is 0 Å². The van der Waals surface area contributed by atoms with E-state index in [4.69, 9.17) is 5.73 Å². The summed E-state index contributed by atoms with van der Waals surface area (Å²) < 4.78 is 0. The largest absolute Gasteiger partial charge is 0.399 e. The number of aliphatic hydroxyl groups is 2. The molecule has 0 saturated carbocycles. The molecule has 1 aliphatic heterocycles. The van der Waals surface area contributed by atoms with Crippen molar-refractivity contribution in [3.8, 4) is 0 Å². The summed E-state index contributed by atoms with van der Waals surface area (Å²) in [4.78, 5) is 4.03. The van der Waals surface area contributed by atoms with Crippen LogP contribution in [0, 0.1) is 6.92 Å².